The number of allylic oxidation sites excluding steroid dienone is 1. The zero-order chi connectivity index (χ0) is 19.4. The van der Waals surface area contributed by atoms with Crippen LogP contribution in [0.3, 0.4) is 0 Å². The molecule has 0 amide bonds. The molecule has 27 heavy (non-hydrogen) atoms. The molecule has 1 aromatic carbocycles. The van der Waals surface area contributed by atoms with Crippen molar-refractivity contribution in [3.05, 3.63) is 62.5 Å². The van der Waals surface area contributed by atoms with Crippen molar-refractivity contribution in [2.45, 2.75) is 19.4 Å². The summed E-state index contributed by atoms with van der Waals surface area (Å²) in [5, 5.41) is 5.91. The van der Waals surface area contributed by atoms with Gasteiger partial charge in [0.05, 0.1) is 17.2 Å². The summed E-state index contributed by atoms with van der Waals surface area (Å²) < 4.78 is 19.4. The van der Waals surface area contributed by atoms with Gasteiger partial charge in [0.25, 0.3) is 0 Å². The molecule has 3 rings (SSSR count). The number of alkyl halides is 1. The summed E-state index contributed by atoms with van der Waals surface area (Å²) >= 11 is 11.0. The summed E-state index contributed by atoms with van der Waals surface area (Å²) in [6.45, 7) is 2.19. The van der Waals surface area contributed by atoms with Gasteiger partial charge in [0.1, 0.15) is 11.9 Å². The molecule has 5 nitrogen and oxygen atoms in total. The first-order chi connectivity index (χ1) is 13.1. The van der Waals surface area contributed by atoms with E-state index in [0.29, 0.717) is 39.4 Å². The highest BCUT2D eigenvalue weighted by molar-refractivity contribution is 9.09. The van der Waals surface area contributed by atoms with Crippen LogP contribution in [0.25, 0.3) is 0 Å². The minimum absolute atomic E-state index is 0.0682. The summed E-state index contributed by atoms with van der Waals surface area (Å²) in [5.41, 5.74) is 1.28. The number of hydrogen-bond donors (Lipinski definition) is 1. The number of hydrogen-bond acceptors (Lipinski definition) is 6. The van der Waals surface area contributed by atoms with E-state index in [2.05, 4.69) is 31.2 Å². The van der Waals surface area contributed by atoms with Gasteiger partial charge in [-0.05, 0) is 12.5 Å². The van der Waals surface area contributed by atoms with Crippen LogP contribution in [0.4, 0.5) is 4.39 Å². The predicted molar refractivity (Wildman–Crippen MR) is 108 cm³/mol. The highest BCUT2D eigenvalue weighted by Crippen LogP contribution is 2.37. The third kappa shape index (κ3) is 4.23. The van der Waals surface area contributed by atoms with E-state index in [0.717, 1.165) is 0 Å². The minimum atomic E-state index is -0.801. The Labute approximate surface area is 173 Å². The number of benzene rings is 1. The van der Waals surface area contributed by atoms with E-state index in [1.165, 1.54) is 17.4 Å². The molecule has 1 aromatic heterocycles. The molecule has 1 aliphatic rings. The largest absolute Gasteiger partial charge is 0.462 e. The maximum absolute atomic E-state index is 14.1. The fourth-order valence-corrected chi connectivity index (χ4v) is 3.88. The van der Waals surface area contributed by atoms with Gasteiger partial charge in [-0.3, -0.25) is 4.99 Å². The Kier molecular flexibility index (Phi) is 6.62. The molecular weight excluding hydrogens is 457 g/mol. The van der Waals surface area contributed by atoms with E-state index in [4.69, 9.17) is 16.3 Å². The van der Waals surface area contributed by atoms with Gasteiger partial charge in [-0.2, -0.15) is 0 Å². The fraction of sp³-hybridized carbons (Fsp3) is 0.278. The van der Waals surface area contributed by atoms with Gasteiger partial charge in [-0.25, -0.2) is 14.2 Å². The van der Waals surface area contributed by atoms with Gasteiger partial charge in [-0.15, -0.1) is 11.3 Å². The third-order valence-electron chi connectivity index (χ3n) is 3.83. The normalized spacial score (nSPS) is 16.7. The van der Waals surface area contributed by atoms with Crippen LogP contribution in [0.5, 0.6) is 0 Å². The van der Waals surface area contributed by atoms with Crippen molar-refractivity contribution in [1.82, 2.24) is 10.3 Å². The number of rotatable bonds is 6. The summed E-state index contributed by atoms with van der Waals surface area (Å²) in [4.78, 5) is 21.6. The molecule has 1 atom stereocenters. The zero-order valence-electron chi connectivity index (χ0n) is 14.3. The number of nitrogens with zero attached hydrogens (tertiary/aromatic N) is 2. The minimum Gasteiger partial charge on any atom is -0.462 e. The monoisotopic (exact) mass is 471 g/mol. The molecule has 9 heteroatoms. The van der Waals surface area contributed by atoms with Crippen molar-refractivity contribution >= 4 is 50.7 Å². The number of carbonyl (C=O) groups is 1. The molecule has 0 spiro atoms. The molecule has 142 valence electrons. The van der Waals surface area contributed by atoms with Gasteiger partial charge in [0.15, 0.2) is 10.8 Å². The van der Waals surface area contributed by atoms with Crippen LogP contribution in [-0.4, -0.2) is 28.7 Å². The molecule has 0 saturated heterocycles. The van der Waals surface area contributed by atoms with Crippen molar-refractivity contribution in [1.29, 1.82) is 0 Å². The Morgan fingerprint density at radius 2 is 2.30 bits per heavy atom. The number of thiazole rings is 1. The van der Waals surface area contributed by atoms with Crippen LogP contribution in [0, 0.1) is 5.82 Å². The summed E-state index contributed by atoms with van der Waals surface area (Å²) in [6, 6.07) is 3.66. The first-order valence-corrected chi connectivity index (χ1v) is 10.6. The lowest BCUT2D eigenvalue weighted by molar-refractivity contribution is -0.139. The molecule has 0 aliphatic carbocycles. The predicted octanol–water partition coefficient (Wildman–Crippen LogP) is 4.63. The molecular formula is C18H16BrClFN3O2S. The molecule has 1 N–H and O–H groups in total. The highest BCUT2D eigenvalue weighted by atomic mass is 79.9. The lowest BCUT2D eigenvalue weighted by Gasteiger charge is -2.27. The first kappa shape index (κ1) is 20.0. The second kappa shape index (κ2) is 8.95. The number of carbonyl (C=O) groups excluding carboxylic acids is 1. The lowest BCUT2D eigenvalue weighted by Crippen LogP contribution is -2.34. The van der Waals surface area contributed by atoms with Gasteiger partial charge < -0.3 is 10.1 Å². The second-order valence-corrected chi connectivity index (χ2v) is 7.48. The smallest absolute Gasteiger partial charge is 0.338 e. The molecule has 0 radical (unpaired) electrons. The number of amidine groups is 1. The standard InChI is InChI=1S/C18H16BrClFN3O2S/c1-2-7-26-18(25)13-12(9-19)23-16(17-22-6-8-27-17)24-15(13)10-4-3-5-11(21)14(10)20/h3-6,8,15H,2,7,9H2,1H3,(H,23,24)/t15-/m0/s1. The Hall–Kier alpha value is -1.77. The maximum Gasteiger partial charge on any atom is 0.338 e. The SMILES string of the molecule is CCCOC(=O)C1=C(CBr)NC(c2nccs2)=N[C@H]1c1cccc(F)c1Cl. The van der Waals surface area contributed by atoms with Crippen LogP contribution in [0.15, 0.2) is 46.0 Å². The van der Waals surface area contributed by atoms with Crippen LogP contribution in [-0.2, 0) is 9.53 Å². The van der Waals surface area contributed by atoms with Crippen molar-refractivity contribution < 1.29 is 13.9 Å². The van der Waals surface area contributed by atoms with Gasteiger partial charge in [-0.1, -0.05) is 46.6 Å². The second-order valence-electron chi connectivity index (χ2n) is 5.65. The van der Waals surface area contributed by atoms with Crippen molar-refractivity contribution in [3.63, 3.8) is 0 Å². The number of nitrogens with one attached hydrogen (secondary N) is 1. The van der Waals surface area contributed by atoms with E-state index in [9.17, 15) is 9.18 Å². The number of aliphatic imine (C=N–C) groups is 1. The van der Waals surface area contributed by atoms with E-state index in [-0.39, 0.29) is 11.6 Å². The number of halogens is 3. The Bertz CT molecular complexity index is 902. The van der Waals surface area contributed by atoms with Gasteiger partial charge in [0.2, 0.25) is 0 Å². The fourth-order valence-electron chi connectivity index (χ4n) is 2.62. The summed E-state index contributed by atoms with van der Waals surface area (Å²) in [5.74, 6) is -0.580. The van der Waals surface area contributed by atoms with Crippen LogP contribution in [0.2, 0.25) is 5.02 Å². The molecule has 0 saturated carbocycles. The number of esters is 1. The van der Waals surface area contributed by atoms with Crippen LogP contribution < -0.4 is 5.32 Å². The molecule has 0 bridgehead atoms. The molecule has 0 fully saturated rings. The molecule has 2 heterocycles. The average Bonchev–Trinajstić information content (AvgIpc) is 3.22. The quantitative estimate of drug-likeness (QED) is 0.492. The molecule has 1 aliphatic heterocycles. The zero-order valence-corrected chi connectivity index (χ0v) is 17.5. The number of ether oxygens (including phenoxy) is 1. The van der Waals surface area contributed by atoms with Crippen molar-refractivity contribution in [3.8, 4) is 0 Å². The Morgan fingerprint density at radius 3 is 2.96 bits per heavy atom. The molecule has 2 aromatic rings. The van der Waals surface area contributed by atoms with Gasteiger partial charge in [0, 0.05) is 28.2 Å². The van der Waals surface area contributed by atoms with E-state index in [1.807, 2.05) is 12.3 Å². The summed E-state index contributed by atoms with van der Waals surface area (Å²) in [7, 11) is 0. The highest BCUT2D eigenvalue weighted by Gasteiger charge is 2.34. The third-order valence-corrected chi connectivity index (χ3v) is 5.57. The van der Waals surface area contributed by atoms with Crippen LogP contribution in [0.1, 0.15) is 30.0 Å². The van der Waals surface area contributed by atoms with Crippen LogP contribution >= 0.6 is 38.9 Å². The lowest BCUT2D eigenvalue weighted by atomic mass is 9.96. The maximum atomic E-state index is 14.1. The van der Waals surface area contributed by atoms with Gasteiger partial charge >= 0.3 is 5.97 Å². The van der Waals surface area contributed by atoms with E-state index in [1.54, 1.807) is 18.3 Å². The Balaban J connectivity index is 2.13. The summed E-state index contributed by atoms with van der Waals surface area (Å²) in [6.07, 6.45) is 2.35. The van der Waals surface area contributed by atoms with E-state index < -0.39 is 17.8 Å². The topological polar surface area (TPSA) is 63.6 Å². The molecule has 0 unspecified atom stereocenters. The van der Waals surface area contributed by atoms with Crippen molar-refractivity contribution in [2.24, 2.45) is 4.99 Å². The van der Waals surface area contributed by atoms with Crippen molar-refractivity contribution in [2.75, 3.05) is 11.9 Å². The Morgan fingerprint density at radius 1 is 1.48 bits per heavy atom. The average molecular weight is 473 g/mol. The first-order valence-electron chi connectivity index (χ1n) is 8.21. The number of aromatic nitrogens is 1. The van der Waals surface area contributed by atoms with E-state index >= 15 is 0 Å².